The number of carbonyl (C=O) groups is 1. The molecule has 0 amide bonds. The van der Waals surface area contributed by atoms with Crippen molar-refractivity contribution in [3.8, 4) is 0 Å². The summed E-state index contributed by atoms with van der Waals surface area (Å²) in [7, 11) is 0. The Hall–Kier alpha value is -1.26. The summed E-state index contributed by atoms with van der Waals surface area (Å²) in [5.74, 6) is -0.214. The molecule has 1 aromatic rings. The summed E-state index contributed by atoms with van der Waals surface area (Å²) in [6.45, 7) is 4.76. The number of hydrogen-bond donors (Lipinski definition) is 2. The molecule has 1 unspecified atom stereocenters. The first kappa shape index (κ1) is 14.7. The van der Waals surface area contributed by atoms with Crippen molar-refractivity contribution in [1.82, 2.24) is 0 Å². The topological polar surface area (TPSA) is 57.5 Å². The Balaban J connectivity index is 0.000000385. The fourth-order valence-corrected chi connectivity index (χ4v) is 1.52. The zero-order valence-electron chi connectivity index (χ0n) is 9.17. The van der Waals surface area contributed by atoms with Gasteiger partial charge in [0.05, 0.1) is 6.10 Å². The standard InChI is InChI=1S/C9H12OS.C3H4O2/c1-8(10)7-11-9-5-3-2-4-6-9;1-2-3(4)5/h2-6,8,10H,7H2,1H3;2H,1H2,(H,4,5). The van der Waals surface area contributed by atoms with Crippen molar-refractivity contribution in [2.75, 3.05) is 5.75 Å². The van der Waals surface area contributed by atoms with Crippen LogP contribution < -0.4 is 0 Å². The van der Waals surface area contributed by atoms with Crippen LogP contribution in [0, 0.1) is 0 Å². The number of aliphatic hydroxyl groups excluding tert-OH is 1. The largest absolute Gasteiger partial charge is 0.478 e. The van der Waals surface area contributed by atoms with Crippen LogP contribution in [0.3, 0.4) is 0 Å². The van der Waals surface area contributed by atoms with E-state index in [1.165, 1.54) is 4.90 Å². The van der Waals surface area contributed by atoms with Gasteiger partial charge in [-0.2, -0.15) is 0 Å². The van der Waals surface area contributed by atoms with Gasteiger partial charge >= 0.3 is 5.97 Å². The molecular formula is C12H16O3S. The fraction of sp³-hybridized carbons (Fsp3) is 0.250. The van der Waals surface area contributed by atoms with Gasteiger partial charge in [0.15, 0.2) is 0 Å². The predicted molar refractivity (Wildman–Crippen MR) is 66.7 cm³/mol. The van der Waals surface area contributed by atoms with E-state index in [-0.39, 0.29) is 6.10 Å². The van der Waals surface area contributed by atoms with Gasteiger partial charge in [-0.1, -0.05) is 24.8 Å². The Morgan fingerprint density at radius 3 is 2.38 bits per heavy atom. The van der Waals surface area contributed by atoms with Crippen molar-refractivity contribution in [2.45, 2.75) is 17.9 Å². The predicted octanol–water partition coefficient (Wildman–Crippen LogP) is 2.42. The lowest BCUT2D eigenvalue weighted by Gasteiger charge is -2.02. The second-order valence-electron chi connectivity index (χ2n) is 3.02. The van der Waals surface area contributed by atoms with Crippen LogP contribution in [0.15, 0.2) is 47.9 Å². The second kappa shape index (κ2) is 9.00. The van der Waals surface area contributed by atoms with E-state index in [0.717, 1.165) is 11.8 Å². The maximum Gasteiger partial charge on any atom is 0.327 e. The van der Waals surface area contributed by atoms with E-state index in [1.807, 2.05) is 30.3 Å². The van der Waals surface area contributed by atoms with E-state index >= 15 is 0 Å². The number of hydrogen-bond acceptors (Lipinski definition) is 3. The quantitative estimate of drug-likeness (QED) is 0.627. The van der Waals surface area contributed by atoms with Gasteiger partial charge in [0, 0.05) is 16.7 Å². The van der Waals surface area contributed by atoms with E-state index < -0.39 is 5.97 Å². The molecule has 0 heterocycles. The van der Waals surface area contributed by atoms with Crippen LogP contribution in [-0.4, -0.2) is 28.0 Å². The Bertz CT molecular complexity index is 309. The van der Waals surface area contributed by atoms with Crippen LogP contribution in [0.4, 0.5) is 0 Å². The molecular weight excluding hydrogens is 224 g/mol. The summed E-state index contributed by atoms with van der Waals surface area (Å²) < 4.78 is 0. The highest BCUT2D eigenvalue weighted by Gasteiger charge is 1.96. The van der Waals surface area contributed by atoms with E-state index in [1.54, 1.807) is 18.7 Å². The number of carboxylic acids is 1. The molecule has 0 aliphatic rings. The zero-order valence-corrected chi connectivity index (χ0v) is 9.98. The van der Waals surface area contributed by atoms with E-state index in [0.29, 0.717) is 0 Å². The van der Waals surface area contributed by atoms with Gasteiger partial charge < -0.3 is 10.2 Å². The molecule has 1 atom stereocenters. The molecule has 88 valence electrons. The molecule has 0 bridgehead atoms. The molecule has 3 nitrogen and oxygen atoms in total. The lowest BCUT2D eigenvalue weighted by Crippen LogP contribution is -2.01. The van der Waals surface area contributed by atoms with Crippen molar-refractivity contribution in [3.63, 3.8) is 0 Å². The van der Waals surface area contributed by atoms with Gasteiger partial charge in [0.1, 0.15) is 0 Å². The fourth-order valence-electron chi connectivity index (χ4n) is 0.734. The molecule has 1 rings (SSSR count). The minimum absolute atomic E-state index is 0.222. The number of aliphatic hydroxyl groups is 1. The molecule has 0 aliphatic carbocycles. The van der Waals surface area contributed by atoms with Crippen LogP contribution in [0.25, 0.3) is 0 Å². The number of benzene rings is 1. The Morgan fingerprint density at radius 2 is 2.00 bits per heavy atom. The lowest BCUT2D eigenvalue weighted by molar-refractivity contribution is -0.131. The van der Waals surface area contributed by atoms with Crippen molar-refractivity contribution < 1.29 is 15.0 Å². The van der Waals surface area contributed by atoms with Crippen molar-refractivity contribution in [2.24, 2.45) is 0 Å². The molecule has 0 radical (unpaired) electrons. The average molecular weight is 240 g/mol. The number of rotatable bonds is 4. The highest BCUT2D eigenvalue weighted by molar-refractivity contribution is 7.99. The average Bonchev–Trinajstić information content (AvgIpc) is 2.28. The Labute approximate surface area is 99.8 Å². The van der Waals surface area contributed by atoms with E-state index in [2.05, 4.69) is 6.58 Å². The molecule has 1 aromatic carbocycles. The van der Waals surface area contributed by atoms with Crippen LogP contribution in [0.2, 0.25) is 0 Å². The molecule has 0 aliphatic heterocycles. The minimum atomic E-state index is -0.981. The van der Waals surface area contributed by atoms with Gasteiger partial charge in [0.2, 0.25) is 0 Å². The monoisotopic (exact) mass is 240 g/mol. The maximum atomic E-state index is 9.25. The molecule has 0 fully saturated rings. The first-order valence-corrected chi connectivity index (χ1v) is 5.76. The van der Waals surface area contributed by atoms with Gasteiger partial charge in [0.25, 0.3) is 0 Å². The third kappa shape index (κ3) is 9.30. The number of aliphatic carboxylic acids is 1. The van der Waals surface area contributed by atoms with Gasteiger partial charge in [-0.25, -0.2) is 4.79 Å². The molecule has 2 N–H and O–H groups in total. The van der Waals surface area contributed by atoms with Gasteiger partial charge in [-0.05, 0) is 19.1 Å². The summed E-state index contributed by atoms with van der Waals surface area (Å²) in [5, 5.41) is 16.6. The summed E-state index contributed by atoms with van der Waals surface area (Å²) in [4.78, 5) is 10.5. The normalized spacial score (nSPS) is 10.9. The molecule has 0 aromatic heterocycles. The second-order valence-corrected chi connectivity index (χ2v) is 4.11. The Morgan fingerprint density at radius 1 is 1.50 bits per heavy atom. The van der Waals surface area contributed by atoms with Crippen molar-refractivity contribution in [3.05, 3.63) is 43.0 Å². The van der Waals surface area contributed by atoms with Crippen LogP contribution in [-0.2, 0) is 4.79 Å². The highest BCUT2D eigenvalue weighted by Crippen LogP contribution is 2.17. The van der Waals surface area contributed by atoms with Gasteiger partial charge in [-0.15, -0.1) is 11.8 Å². The minimum Gasteiger partial charge on any atom is -0.478 e. The smallest absolute Gasteiger partial charge is 0.327 e. The zero-order chi connectivity index (χ0) is 12.4. The van der Waals surface area contributed by atoms with E-state index in [9.17, 15) is 4.79 Å². The highest BCUT2D eigenvalue weighted by atomic mass is 32.2. The number of carboxylic acid groups (broad SMARTS) is 1. The van der Waals surface area contributed by atoms with E-state index in [4.69, 9.17) is 10.2 Å². The SMILES string of the molecule is C=CC(=O)O.CC(O)CSc1ccccc1. The number of thioether (sulfide) groups is 1. The Kier molecular flexibility index (Phi) is 8.29. The third-order valence-electron chi connectivity index (χ3n) is 1.41. The summed E-state index contributed by atoms with van der Waals surface area (Å²) in [6.07, 6.45) is 0.611. The summed E-state index contributed by atoms with van der Waals surface area (Å²) in [5.41, 5.74) is 0. The molecule has 16 heavy (non-hydrogen) atoms. The maximum absolute atomic E-state index is 9.25. The van der Waals surface area contributed by atoms with Gasteiger partial charge in [-0.3, -0.25) is 0 Å². The van der Waals surface area contributed by atoms with Crippen molar-refractivity contribution >= 4 is 17.7 Å². The molecule has 0 spiro atoms. The molecule has 4 heteroatoms. The van der Waals surface area contributed by atoms with Crippen LogP contribution >= 0.6 is 11.8 Å². The van der Waals surface area contributed by atoms with Crippen LogP contribution in [0.5, 0.6) is 0 Å². The lowest BCUT2D eigenvalue weighted by atomic mass is 10.4. The first-order chi connectivity index (χ1) is 7.56. The summed E-state index contributed by atoms with van der Waals surface area (Å²) in [6, 6.07) is 10.1. The van der Waals surface area contributed by atoms with Crippen molar-refractivity contribution in [1.29, 1.82) is 0 Å². The van der Waals surface area contributed by atoms with Crippen LogP contribution in [0.1, 0.15) is 6.92 Å². The third-order valence-corrected chi connectivity index (χ3v) is 2.66. The first-order valence-electron chi connectivity index (χ1n) is 4.77. The molecule has 0 saturated heterocycles. The molecule has 0 saturated carbocycles. The summed E-state index contributed by atoms with van der Waals surface area (Å²) >= 11 is 1.68.